The second-order valence-corrected chi connectivity index (χ2v) is 4.43. The van der Waals surface area contributed by atoms with Crippen molar-refractivity contribution in [3.8, 4) is 0 Å². The van der Waals surface area contributed by atoms with Crippen LogP contribution in [0.15, 0.2) is 10.8 Å². The van der Waals surface area contributed by atoms with Crippen LogP contribution >= 0.6 is 15.9 Å². The van der Waals surface area contributed by atoms with Gasteiger partial charge in [-0.2, -0.15) is 0 Å². The smallest absolute Gasteiger partial charge is 0.124 e. The first kappa shape index (κ1) is 10.1. The van der Waals surface area contributed by atoms with Gasteiger partial charge in [0.2, 0.25) is 0 Å². The molecule has 0 aromatic carbocycles. The van der Waals surface area contributed by atoms with Gasteiger partial charge in [-0.05, 0) is 15.9 Å². The lowest BCUT2D eigenvalue weighted by molar-refractivity contribution is 0.226. The molecule has 1 aromatic heterocycles. The number of imidazole rings is 1. The van der Waals surface area contributed by atoms with E-state index in [1.165, 1.54) is 0 Å². The lowest BCUT2D eigenvalue weighted by Gasteiger charge is -2.26. The number of hydrogen-bond donors (Lipinski definition) is 1. The Labute approximate surface area is 92.4 Å². The van der Waals surface area contributed by atoms with E-state index in [-0.39, 0.29) is 0 Å². The van der Waals surface area contributed by atoms with E-state index in [2.05, 4.69) is 35.7 Å². The van der Waals surface area contributed by atoms with E-state index in [1.807, 2.05) is 13.2 Å². The predicted octanol–water partition coefficient (Wildman–Crippen LogP) is 0.588. The molecule has 1 fully saturated rings. The van der Waals surface area contributed by atoms with Crippen molar-refractivity contribution in [1.82, 2.24) is 19.8 Å². The van der Waals surface area contributed by atoms with E-state index in [4.69, 9.17) is 0 Å². The van der Waals surface area contributed by atoms with Crippen LogP contribution in [-0.4, -0.2) is 40.6 Å². The van der Waals surface area contributed by atoms with Gasteiger partial charge in [-0.15, -0.1) is 0 Å². The highest BCUT2D eigenvalue weighted by atomic mass is 79.9. The van der Waals surface area contributed by atoms with Gasteiger partial charge in [-0.1, -0.05) is 0 Å². The van der Waals surface area contributed by atoms with Crippen LogP contribution in [0.25, 0.3) is 0 Å². The predicted molar refractivity (Wildman–Crippen MR) is 59.1 cm³/mol. The summed E-state index contributed by atoms with van der Waals surface area (Å²) in [7, 11) is 2.04. The minimum atomic E-state index is 0.921. The van der Waals surface area contributed by atoms with Crippen molar-refractivity contribution in [2.45, 2.75) is 6.54 Å². The third kappa shape index (κ3) is 2.34. The summed E-state index contributed by atoms with van der Waals surface area (Å²) in [4.78, 5) is 6.84. The highest BCUT2D eigenvalue weighted by Crippen LogP contribution is 2.10. The average Bonchev–Trinajstić information content (AvgIpc) is 2.47. The molecule has 0 atom stereocenters. The molecule has 0 unspecified atom stereocenters. The molecule has 0 saturated carbocycles. The Morgan fingerprint density at radius 2 is 2.21 bits per heavy atom. The fourth-order valence-corrected chi connectivity index (χ4v) is 2.19. The Morgan fingerprint density at radius 3 is 2.79 bits per heavy atom. The Bertz CT molecular complexity index is 304. The number of rotatable bonds is 2. The Morgan fingerprint density at radius 1 is 1.50 bits per heavy atom. The molecule has 78 valence electrons. The first-order valence-electron chi connectivity index (χ1n) is 4.86. The van der Waals surface area contributed by atoms with Crippen LogP contribution in [0, 0.1) is 0 Å². The zero-order chi connectivity index (χ0) is 9.97. The second-order valence-electron chi connectivity index (χ2n) is 3.62. The van der Waals surface area contributed by atoms with Crippen LogP contribution in [0.2, 0.25) is 0 Å². The molecular formula is C9H15BrN4. The highest BCUT2D eigenvalue weighted by molar-refractivity contribution is 9.10. The maximum Gasteiger partial charge on any atom is 0.124 e. The molecule has 5 heteroatoms. The standard InChI is InChI=1S/C9H15BrN4/c1-13-6-8(10)12-9(13)7-14-4-2-11-3-5-14/h6,11H,2-5,7H2,1H3. The number of hydrogen-bond acceptors (Lipinski definition) is 3. The fraction of sp³-hybridized carbons (Fsp3) is 0.667. The van der Waals surface area contributed by atoms with Crippen LogP contribution in [0.1, 0.15) is 5.82 Å². The monoisotopic (exact) mass is 258 g/mol. The van der Waals surface area contributed by atoms with E-state index >= 15 is 0 Å². The lowest BCUT2D eigenvalue weighted by Crippen LogP contribution is -2.43. The van der Waals surface area contributed by atoms with Crippen molar-refractivity contribution >= 4 is 15.9 Å². The molecule has 1 saturated heterocycles. The van der Waals surface area contributed by atoms with Crippen LogP contribution in [0.3, 0.4) is 0 Å². The summed E-state index contributed by atoms with van der Waals surface area (Å²) in [5.41, 5.74) is 0. The average molecular weight is 259 g/mol. The minimum absolute atomic E-state index is 0.921. The SMILES string of the molecule is Cn1cc(Br)nc1CN1CCNCC1. The molecular weight excluding hydrogens is 244 g/mol. The van der Waals surface area contributed by atoms with Gasteiger partial charge in [-0.3, -0.25) is 4.90 Å². The minimum Gasteiger partial charge on any atom is -0.336 e. The van der Waals surface area contributed by atoms with Gasteiger partial charge < -0.3 is 9.88 Å². The molecule has 1 aromatic rings. The number of nitrogens with zero attached hydrogens (tertiary/aromatic N) is 3. The zero-order valence-electron chi connectivity index (χ0n) is 8.33. The second kappa shape index (κ2) is 4.42. The van der Waals surface area contributed by atoms with E-state index in [9.17, 15) is 0 Å². The van der Waals surface area contributed by atoms with Gasteiger partial charge in [0.1, 0.15) is 10.4 Å². The largest absolute Gasteiger partial charge is 0.336 e. The fourth-order valence-electron chi connectivity index (χ4n) is 1.68. The summed E-state index contributed by atoms with van der Waals surface area (Å²) in [6.45, 7) is 5.36. The maximum atomic E-state index is 4.42. The number of aromatic nitrogens is 2. The summed E-state index contributed by atoms with van der Waals surface area (Å²) in [6.07, 6.45) is 2.00. The normalized spacial score (nSPS) is 18.7. The van der Waals surface area contributed by atoms with Gasteiger partial charge in [0, 0.05) is 39.4 Å². The summed E-state index contributed by atoms with van der Waals surface area (Å²) in [6, 6.07) is 0. The third-order valence-corrected chi connectivity index (χ3v) is 2.90. The summed E-state index contributed by atoms with van der Waals surface area (Å²) in [5.74, 6) is 1.12. The van der Waals surface area contributed by atoms with E-state index in [0.717, 1.165) is 43.2 Å². The van der Waals surface area contributed by atoms with Crippen molar-refractivity contribution in [3.05, 3.63) is 16.6 Å². The summed E-state index contributed by atoms with van der Waals surface area (Å²) >= 11 is 3.38. The van der Waals surface area contributed by atoms with Crippen molar-refractivity contribution in [2.75, 3.05) is 26.2 Å². The molecule has 0 spiro atoms. The van der Waals surface area contributed by atoms with E-state index < -0.39 is 0 Å². The Kier molecular flexibility index (Phi) is 3.20. The van der Waals surface area contributed by atoms with Crippen molar-refractivity contribution in [2.24, 2.45) is 7.05 Å². The van der Waals surface area contributed by atoms with Gasteiger partial charge in [0.15, 0.2) is 0 Å². The number of halogens is 1. The van der Waals surface area contributed by atoms with E-state index in [1.54, 1.807) is 0 Å². The number of nitrogens with one attached hydrogen (secondary N) is 1. The molecule has 2 heterocycles. The van der Waals surface area contributed by atoms with Gasteiger partial charge in [-0.25, -0.2) is 4.98 Å². The third-order valence-electron chi connectivity index (χ3n) is 2.52. The summed E-state index contributed by atoms with van der Waals surface area (Å²) < 4.78 is 3.00. The molecule has 2 rings (SSSR count). The van der Waals surface area contributed by atoms with Crippen LogP contribution < -0.4 is 5.32 Å². The quantitative estimate of drug-likeness (QED) is 0.843. The van der Waals surface area contributed by atoms with Gasteiger partial charge >= 0.3 is 0 Å². The molecule has 1 N–H and O–H groups in total. The maximum absolute atomic E-state index is 4.42. The van der Waals surface area contributed by atoms with Crippen LogP contribution in [0.5, 0.6) is 0 Å². The van der Waals surface area contributed by atoms with Gasteiger partial charge in [0.25, 0.3) is 0 Å². The molecule has 0 amide bonds. The summed E-state index contributed by atoms with van der Waals surface area (Å²) in [5, 5.41) is 3.34. The van der Waals surface area contributed by atoms with Crippen molar-refractivity contribution in [1.29, 1.82) is 0 Å². The molecule has 4 nitrogen and oxygen atoms in total. The highest BCUT2D eigenvalue weighted by Gasteiger charge is 2.12. The molecule has 0 bridgehead atoms. The van der Waals surface area contributed by atoms with Crippen molar-refractivity contribution in [3.63, 3.8) is 0 Å². The molecule has 1 aliphatic heterocycles. The van der Waals surface area contributed by atoms with Gasteiger partial charge in [0.05, 0.1) is 6.54 Å². The Hall–Kier alpha value is -0.390. The number of aryl methyl sites for hydroxylation is 1. The first-order valence-corrected chi connectivity index (χ1v) is 5.66. The molecule has 1 aliphatic rings. The topological polar surface area (TPSA) is 33.1 Å². The molecule has 0 radical (unpaired) electrons. The first-order chi connectivity index (χ1) is 6.75. The van der Waals surface area contributed by atoms with Crippen LogP contribution in [0.4, 0.5) is 0 Å². The molecule has 0 aliphatic carbocycles. The zero-order valence-corrected chi connectivity index (χ0v) is 9.92. The Balaban J connectivity index is 1.98. The molecule has 14 heavy (non-hydrogen) atoms. The lowest BCUT2D eigenvalue weighted by atomic mass is 10.3. The van der Waals surface area contributed by atoms with E-state index in [0.29, 0.717) is 0 Å². The van der Waals surface area contributed by atoms with Crippen molar-refractivity contribution < 1.29 is 0 Å². The number of piperazine rings is 1. The van der Waals surface area contributed by atoms with Crippen LogP contribution in [-0.2, 0) is 13.6 Å².